The SMILES string of the molecule is Cc1nc2ccccc2c(C)c1CC(=O)Nc1ccc(Cl)c2ncccc12. The third-order valence-electron chi connectivity index (χ3n) is 4.82. The van der Waals surface area contributed by atoms with Crippen LogP contribution in [-0.4, -0.2) is 15.9 Å². The van der Waals surface area contributed by atoms with Gasteiger partial charge in [-0.25, -0.2) is 0 Å². The van der Waals surface area contributed by atoms with E-state index >= 15 is 0 Å². The number of amides is 1. The van der Waals surface area contributed by atoms with Gasteiger partial charge in [0.2, 0.25) is 5.91 Å². The highest BCUT2D eigenvalue weighted by atomic mass is 35.5. The predicted octanol–water partition coefficient (Wildman–Crippen LogP) is 5.23. The predicted molar refractivity (Wildman–Crippen MR) is 110 cm³/mol. The fourth-order valence-corrected chi connectivity index (χ4v) is 3.65. The second-order valence-corrected chi connectivity index (χ2v) is 6.94. The number of pyridine rings is 2. The van der Waals surface area contributed by atoms with E-state index < -0.39 is 0 Å². The van der Waals surface area contributed by atoms with Gasteiger partial charge in [-0.3, -0.25) is 14.8 Å². The van der Waals surface area contributed by atoms with Crippen molar-refractivity contribution < 1.29 is 4.79 Å². The number of para-hydroxylation sites is 1. The highest BCUT2D eigenvalue weighted by Crippen LogP contribution is 2.28. The summed E-state index contributed by atoms with van der Waals surface area (Å²) in [6.45, 7) is 3.99. The second-order valence-electron chi connectivity index (χ2n) is 6.54. The van der Waals surface area contributed by atoms with Crippen molar-refractivity contribution in [3.05, 3.63) is 76.6 Å². The van der Waals surface area contributed by atoms with E-state index in [1.54, 1.807) is 12.3 Å². The monoisotopic (exact) mass is 375 g/mol. The third kappa shape index (κ3) is 3.24. The Labute approximate surface area is 162 Å². The second kappa shape index (κ2) is 6.97. The molecule has 0 saturated heterocycles. The molecule has 4 rings (SSSR count). The zero-order valence-corrected chi connectivity index (χ0v) is 15.8. The Morgan fingerprint density at radius 1 is 1.04 bits per heavy atom. The highest BCUT2D eigenvalue weighted by Gasteiger charge is 2.14. The first-order chi connectivity index (χ1) is 13.0. The first-order valence-corrected chi connectivity index (χ1v) is 9.10. The van der Waals surface area contributed by atoms with Crippen LogP contribution in [0.1, 0.15) is 16.8 Å². The Balaban J connectivity index is 1.66. The van der Waals surface area contributed by atoms with Crippen molar-refractivity contribution in [3.8, 4) is 0 Å². The molecule has 1 N–H and O–H groups in total. The summed E-state index contributed by atoms with van der Waals surface area (Å²) in [6.07, 6.45) is 1.95. The van der Waals surface area contributed by atoms with E-state index in [2.05, 4.69) is 15.3 Å². The number of carbonyl (C=O) groups is 1. The number of aromatic nitrogens is 2. The molecule has 0 bridgehead atoms. The van der Waals surface area contributed by atoms with E-state index in [0.29, 0.717) is 16.2 Å². The zero-order chi connectivity index (χ0) is 19.0. The third-order valence-corrected chi connectivity index (χ3v) is 5.12. The van der Waals surface area contributed by atoms with Gasteiger partial charge in [0.25, 0.3) is 0 Å². The molecular formula is C22H18ClN3O. The van der Waals surface area contributed by atoms with Crippen LogP contribution in [0.15, 0.2) is 54.7 Å². The number of hydrogen-bond acceptors (Lipinski definition) is 3. The smallest absolute Gasteiger partial charge is 0.228 e. The summed E-state index contributed by atoms with van der Waals surface area (Å²) in [5, 5.41) is 5.46. The Morgan fingerprint density at radius 2 is 1.81 bits per heavy atom. The summed E-state index contributed by atoms with van der Waals surface area (Å²) in [5.41, 5.74) is 5.27. The Kier molecular flexibility index (Phi) is 4.50. The summed E-state index contributed by atoms with van der Waals surface area (Å²) < 4.78 is 0. The molecule has 0 fully saturated rings. The first kappa shape index (κ1) is 17.4. The van der Waals surface area contributed by atoms with Crippen LogP contribution in [0.25, 0.3) is 21.8 Å². The van der Waals surface area contributed by atoms with Crippen LogP contribution in [0.5, 0.6) is 0 Å². The van der Waals surface area contributed by atoms with Crippen LogP contribution >= 0.6 is 11.6 Å². The Morgan fingerprint density at radius 3 is 2.67 bits per heavy atom. The van der Waals surface area contributed by atoms with Crippen molar-refractivity contribution in [2.24, 2.45) is 0 Å². The average Bonchev–Trinajstić information content (AvgIpc) is 2.67. The molecule has 0 aliphatic carbocycles. The van der Waals surface area contributed by atoms with Crippen molar-refractivity contribution in [3.63, 3.8) is 0 Å². The van der Waals surface area contributed by atoms with Crippen molar-refractivity contribution in [1.82, 2.24) is 9.97 Å². The van der Waals surface area contributed by atoms with E-state index in [0.717, 1.165) is 33.1 Å². The molecule has 2 aromatic heterocycles. The minimum absolute atomic E-state index is 0.0919. The number of fused-ring (bicyclic) bond motifs is 2. The summed E-state index contributed by atoms with van der Waals surface area (Å²) in [4.78, 5) is 21.7. The topological polar surface area (TPSA) is 54.9 Å². The van der Waals surface area contributed by atoms with Crippen LogP contribution in [0, 0.1) is 13.8 Å². The van der Waals surface area contributed by atoms with Crippen molar-refractivity contribution in [2.45, 2.75) is 20.3 Å². The van der Waals surface area contributed by atoms with E-state index in [1.165, 1.54) is 0 Å². The summed E-state index contributed by atoms with van der Waals surface area (Å²) in [6, 6.07) is 15.3. The molecule has 4 nitrogen and oxygen atoms in total. The number of carbonyl (C=O) groups excluding carboxylic acids is 1. The molecule has 2 heterocycles. The van der Waals surface area contributed by atoms with E-state index in [-0.39, 0.29) is 12.3 Å². The molecular weight excluding hydrogens is 358 g/mol. The Bertz CT molecular complexity index is 1190. The molecule has 134 valence electrons. The maximum atomic E-state index is 12.8. The molecule has 0 spiro atoms. The quantitative estimate of drug-likeness (QED) is 0.533. The largest absolute Gasteiger partial charge is 0.325 e. The average molecular weight is 376 g/mol. The molecule has 0 atom stereocenters. The van der Waals surface area contributed by atoms with Crippen LogP contribution in [-0.2, 0) is 11.2 Å². The van der Waals surface area contributed by atoms with Gasteiger partial charge in [0.1, 0.15) is 0 Å². The molecule has 4 aromatic rings. The summed E-state index contributed by atoms with van der Waals surface area (Å²) >= 11 is 6.21. The lowest BCUT2D eigenvalue weighted by Gasteiger charge is -2.13. The van der Waals surface area contributed by atoms with E-state index in [1.807, 2.05) is 56.3 Å². The molecule has 5 heteroatoms. The van der Waals surface area contributed by atoms with Gasteiger partial charge in [0.15, 0.2) is 0 Å². The molecule has 0 aliphatic heterocycles. The van der Waals surface area contributed by atoms with Gasteiger partial charge in [-0.15, -0.1) is 0 Å². The van der Waals surface area contributed by atoms with Crippen molar-refractivity contribution >= 4 is 45.0 Å². The van der Waals surface area contributed by atoms with Gasteiger partial charge in [-0.2, -0.15) is 0 Å². The number of aryl methyl sites for hydroxylation is 2. The molecule has 0 unspecified atom stereocenters. The number of rotatable bonds is 3. The van der Waals surface area contributed by atoms with E-state index in [9.17, 15) is 4.79 Å². The lowest BCUT2D eigenvalue weighted by molar-refractivity contribution is -0.115. The maximum absolute atomic E-state index is 12.8. The lowest BCUT2D eigenvalue weighted by atomic mass is 9.99. The fraction of sp³-hybridized carbons (Fsp3) is 0.136. The van der Waals surface area contributed by atoms with Gasteiger partial charge < -0.3 is 5.32 Å². The van der Waals surface area contributed by atoms with Gasteiger partial charge in [0.05, 0.1) is 28.2 Å². The Hall–Kier alpha value is -2.98. The molecule has 27 heavy (non-hydrogen) atoms. The van der Waals surface area contributed by atoms with Crippen LogP contribution in [0.4, 0.5) is 5.69 Å². The van der Waals surface area contributed by atoms with Crippen LogP contribution in [0.2, 0.25) is 5.02 Å². The van der Waals surface area contributed by atoms with Gasteiger partial charge in [-0.05, 0) is 55.3 Å². The number of hydrogen-bond donors (Lipinski definition) is 1. The zero-order valence-electron chi connectivity index (χ0n) is 15.1. The number of nitrogens with zero attached hydrogens (tertiary/aromatic N) is 2. The number of nitrogens with one attached hydrogen (secondary N) is 1. The number of anilines is 1. The molecule has 0 aliphatic rings. The number of halogens is 1. The molecule has 0 radical (unpaired) electrons. The van der Waals surface area contributed by atoms with Gasteiger partial charge in [0, 0.05) is 22.7 Å². The molecule has 1 amide bonds. The first-order valence-electron chi connectivity index (χ1n) is 8.72. The summed E-state index contributed by atoms with van der Waals surface area (Å²) in [5.74, 6) is -0.0919. The number of benzene rings is 2. The van der Waals surface area contributed by atoms with E-state index in [4.69, 9.17) is 11.6 Å². The summed E-state index contributed by atoms with van der Waals surface area (Å²) in [7, 11) is 0. The fourth-order valence-electron chi connectivity index (χ4n) is 3.43. The van der Waals surface area contributed by atoms with Crippen LogP contribution in [0.3, 0.4) is 0 Å². The minimum atomic E-state index is -0.0919. The van der Waals surface area contributed by atoms with Crippen molar-refractivity contribution in [2.75, 3.05) is 5.32 Å². The maximum Gasteiger partial charge on any atom is 0.228 e. The normalized spacial score (nSPS) is 11.1. The van der Waals surface area contributed by atoms with Gasteiger partial charge in [-0.1, -0.05) is 29.8 Å². The highest BCUT2D eigenvalue weighted by molar-refractivity contribution is 6.35. The van der Waals surface area contributed by atoms with Crippen LogP contribution < -0.4 is 5.32 Å². The lowest BCUT2D eigenvalue weighted by Crippen LogP contribution is -2.16. The van der Waals surface area contributed by atoms with Gasteiger partial charge >= 0.3 is 0 Å². The minimum Gasteiger partial charge on any atom is -0.325 e. The standard InChI is InChI=1S/C22H18ClN3O/c1-13-15-6-3-4-8-19(15)25-14(2)17(13)12-21(27)26-20-10-9-18(23)22-16(20)7-5-11-24-22/h3-11H,12H2,1-2H3,(H,26,27). The van der Waals surface area contributed by atoms with Crippen molar-refractivity contribution in [1.29, 1.82) is 0 Å². The molecule has 2 aromatic carbocycles. The molecule has 0 saturated carbocycles.